The quantitative estimate of drug-likeness (QED) is 0.720. The largest absolute Gasteiger partial charge is 0.481 e. The van der Waals surface area contributed by atoms with Gasteiger partial charge in [-0.15, -0.1) is 0 Å². The zero-order valence-electron chi connectivity index (χ0n) is 7.75. The highest BCUT2D eigenvalue weighted by Crippen LogP contribution is 2.09. The predicted octanol–water partition coefficient (Wildman–Crippen LogP) is 1.02. The molecule has 15 heavy (non-hydrogen) atoms. The van der Waals surface area contributed by atoms with Gasteiger partial charge in [0, 0.05) is 18.0 Å². The molecule has 1 aromatic heterocycles. The third-order valence-electron chi connectivity index (χ3n) is 1.64. The summed E-state index contributed by atoms with van der Waals surface area (Å²) in [5, 5.41) is 17.2. The van der Waals surface area contributed by atoms with Gasteiger partial charge in [0.05, 0.1) is 6.42 Å². The van der Waals surface area contributed by atoms with Crippen molar-refractivity contribution in [3.63, 3.8) is 0 Å². The second-order valence-electron chi connectivity index (χ2n) is 2.83. The van der Waals surface area contributed by atoms with E-state index < -0.39 is 18.4 Å². The third kappa shape index (κ3) is 3.60. The van der Waals surface area contributed by atoms with E-state index in [0.717, 1.165) is 0 Å². The van der Waals surface area contributed by atoms with Crippen molar-refractivity contribution in [2.24, 2.45) is 0 Å². The summed E-state index contributed by atoms with van der Waals surface area (Å²) in [7, 11) is 0. The Morgan fingerprint density at radius 3 is 2.60 bits per heavy atom. The van der Waals surface area contributed by atoms with Crippen LogP contribution in [0.15, 0.2) is 30.1 Å². The van der Waals surface area contributed by atoms with Crippen LogP contribution < -0.4 is 0 Å². The Kier molecular flexibility index (Phi) is 3.56. The fourth-order valence-corrected chi connectivity index (χ4v) is 1.01. The topological polar surface area (TPSA) is 87.5 Å². The summed E-state index contributed by atoms with van der Waals surface area (Å²) in [5.74, 6) is -2.41. The molecule has 0 amide bonds. The maximum Gasteiger partial charge on any atom is 0.332 e. The summed E-state index contributed by atoms with van der Waals surface area (Å²) in [6.45, 7) is 0. The molecule has 0 spiro atoms. The van der Waals surface area contributed by atoms with Crippen molar-refractivity contribution in [2.75, 3.05) is 0 Å². The molecule has 1 rings (SSSR count). The van der Waals surface area contributed by atoms with E-state index in [1.54, 1.807) is 18.3 Å². The molecule has 0 saturated heterocycles. The highest BCUT2D eigenvalue weighted by atomic mass is 16.4. The Morgan fingerprint density at radius 1 is 1.40 bits per heavy atom. The molecule has 0 fully saturated rings. The van der Waals surface area contributed by atoms with Gasteiger partial charge in [0.1, 0.15) is 0 Å². The standard InChI is InChI=1S/C10H9NO4/c12-9(13)5-8(10(14)15)4-7-2-1-3-11-6-7/h1-4,6H,5H2,(H,12,13)(H,14,15)/b8-4+. The number of aliphatic carboxylic acids is 2. The highest BCUT2D eigenvalue weighted by Gasteiger charge is 2.11. The van der Waals surface area contributed by atoms with Crippen molar-refractivity contribution in [3.05, 3.63) is 35.7 Å². The van der Waals surface area contributed by atoms with E-state index in [1.165, 1.54) is 12.3 Å². The number of aromatic nitrogens is 1. The molecule has 5 heteroatoms. The Bertz CT molecular complexity index is 397. The van der Waals surface area contributed by atoms with Crippen LogP contribution in [0.2, 0.25) is 0 Å². The minimum Gasteiger partial charge on any atom is -0.481 e. The molecular weight excluding hydrogens is 198 g/mol. The van der Waals surface area contributed by atoms with Gasteiger partial charge in [0.25, 0.3) is 0 Å². The van der Waals surface area contributed by atoms with Crippen LogP contribution in [-0.4, -0.2) is 27.1 Å². The van der Waals surface area contributed by atoms with Gasteiger partial charge in [-0.25, -0.2) is 4.79 Å². The molecule has 1 heterocycles. The first-order valence-corrected chi connectivity index (χ1v) is 4.15. The van der Waals surface area contributed by atoms with Crippen LogP contribution in [0.5, 0.6) is 0 Å². The fourth-order valence-electron chi connectivity index (χ4n) is 1.01. The van der Waals surface area contributed by atoms with Crippen molar-refractivity contribution in [2.45, 2.75) is 6.42 Å². The van der Waals surface area contributed by atoms with E-state index >= 15 is 0 Å². The second kappa shape index (κ2) is 4.90. The number of hydrogen-bond acceptors (Lipinski definition) is 3. The Balaban J connectivity index is 2.94. The molecule has 0 radical (unpaired) electrons. The minimum absolute atomic E-state index is 0.171. The lowest BCUT2D eigenvalue weighted by atomic mass is 10.1. The van der Waals surface area contributed by atoms with Crippen LogP contribution in [0.4, 0.5) is 0 Å². The van der Waals surface area contributed by atoms with E-state index in [1.807, 2.05) is 0 Å². The van der Waals surface area contributed by atoms with Crippen molar-refractivity contribution in [3.8, 4) is 0 Å². The first-order valence-electron chi connectivity index (χ1n) is 4.15. The van der Waals surface area contributed by atoms with Gasteiger partial charge in [-0.3, -0.25) is 9.78 Å². The zero-order chi connectivity index (χ0) is 11.3. The lowest BCUT2D eigenvalue weighted by Crippen LogP contribution is -2.06. The van der Waals surface area contributed by atoms with Crippen LogP contribution in [0, 0.1) is 0 Å². The first kappa shape index (κ1) is 10.9. The van der Waals surface area contributed by atoms with E-state index in [2.05, 4.69) is 4.98 Å². The summed E-state index contributed by atoms with van der Waals surface area (Å²) >= 11 is 0. The number of hydrogen-bond donors (Lipinski definition) is 2. The molecule has 1 aromatic rings. The van der Waals surface area contributed by atoms with Gasteiger partial charge in [-0.1, -0.05) is 6.07 Å². The monoisotopic (exact) mass is 207 g/mol. The van der Waals surface area contributed by atoms with Crippen LogP contribution in [0.1, 0.15) is 12.0 Å². The lowest BCUT2D eigenvalue weighted by Gasteiger charge is -1.98. The number of carbonyl (C=O) groups is 2. The van der Waals surface area contributed by atoms with Crippen LogP contribution in [-0.2, 0) is 9.59 Å². The smallest absolute Gasteiger partial charge is 0.332 e. The molecule has 2 N–H and O–H groups in total. The van der Waals surface area contributed by atoms with Crippen LogP contribution >= 0.6 is 0 Å². The van der Waals surface area contributed by atoms with Gasteiger partial charge in [-0.2, -0.15) is 0 Å². The summed E-state index contributed by atoms with van der Waals surface area (Å²) < 4.78 is 0. The summed E-state index contributed by atoms with van der Waals surface area (Å²) in [5.41, 5.74) is 0.395. The number of rotatable bonds is 4. The van der Waals surface area contributed by atoms with Crippen molar-refractivity contribution >= 4 is 18.0 Å². The Hall–Kier alpha value is -2.17. The van der Waals surface area contributed by atoms with Crippen molar-refractivity contribution in [1.29, 1.82) is 0 Å². The molecule has 5 nitrogen and oxygen atoms in total. The average molecular weight is 207 g/mol. The maximum atomic E-state index is 10.7. The summed E-state index contributed by atoms with van der Waals surface area (Å²) in [6, 6.07) is 3.30. The number of carboxylic acid groups (broad SMARTS) is 2. The number of pyridine rings is 1. The molecule has 0 unspecified atom stereocenters. The van der Waals surface area contributed by atoms with Crippen molar-refractivity contribution in [1.82, 2.24) is 4.98 Å². The van der Waals surface area contributed by atoms with Gasteiger partial charge < -0.3 is 10.2 Å². The highest BCUT2D eigenvalue weighted by molar-refractivity contribution is 5.96. The number of carboxylic acids is 2. The maximum absolute atomic E-state index is 10.7. The van der Waals surface area contributed by atoms with Gasteiger partial charge in [0.2, 0.25) is 0 Å². The molecule has 0 atom stereocenters. The van der Waals surface area contributed by atoms with Crippen molar-refractivity contribution < 1.29 is 19.8 Å². The predicted molar refractivity (Wildman–Crippen MR) is 52.1 cm³/mol. The van der Waals surface area contributed by atoms with E-state index in [4.69, 9.17) is 10.2 Å². The SMILES string of the molecule is O=C(O)C/C(=C\c1cccnc1)C(=O)O. The molecular formula is C10H9NO4. The average Bonchev–Trinajstić information content (AvgIpc) is 2.17. The molecule has 0 saturated carbocycles. The lowest BCUT2D eigenvalue weighted by molar-refractivity contribution is -0.139. The van der Waals surface area contributed by atoms with Gasteiger partial charge >= 0.3 is 11.9 Å². The second-order valence-corrected chi connectivity index (χ2v) is 2.83. The molecule has 0 aliphatic rings. The summed E-state index contributed by atoms with van der Waals surface area (Å²) in [6.07, 6.45) is 3.80. The van der Waals surface area contributed by atoms with Gasteiger partial charge in [0.15, 0.2) is 0 Å². The normalized spacial score (nSPS) is 11.1. The van der Waals surface area contributed by atoms with E-state index in [-0.39, 0.29) is 5.57 Å². The van der Waals surface area contributed by atoms with Crippen LogP contribution in [0.25, 0.3) is 6.08 Å². The van der Waals surface area contributed by atoms with Gasteiger partial charge in [-0.05, 0) is 17.7 Å². The zero-order valence-corrected chi connectivity index (χ0v) is 7.75. The third-order valence-corrected chi connectivity index (χ3v) is 1.64. The molecule has 0 aliphatic heterocycles. The molecule has 0 bridgehead atoms. The molecule has 78 valence electrons. The first-order chi connectivity index (χ1) is 7.09. The van der Waals surface area contributed by atoms with Crippen LogP contribution in [0.3, 0.4) is 0 Å². The summed E-state index contributed by atoms with van der Waals surface area (Å²) in [4.78, 5) is 24.9. The molecule has 0 aromatic carbocycles. The van der Waals surface area contributed by atoms with E-state index in [9.17, 15) is 9.59 Å². The minimum atomic E-state index is -1.23. The Morgan fingerprint density at radius 2 is 2.13 bits per heavy atom. The number of nitrogens with zero attached hydrogens (tertiary/aromatic N) is 1. The Labute approximate surface area is 85.7 Å². The fraction of sp³-hybridized carbons (Fsp3) is 0.100. The van der Waals surface area contributed by atoms with E-state index in [0.29, 0.717) is 5.56 Å². The molecule has 0 aliphatic carbocycles.